The number of rotatable bonds is 11. The van der Waals surface area contributed by atoms with E-state index in [1.54, 1.807) is 11.0 Å². The molecule has 2 atom stereocenters. The molecule has 3 aromatic rings. The highest BCUT2D eigenvalue weighted by atomic mass is 35.5. The molecule has 0 aromatic heterocycles. The minimum Gasteiger partial charge on any atom is -0.483 e. The molecule has 0 aliphatic rings. The van der Waals surface area contributed by atoms with E-state index >= 15 is 0 Å². The van der Waals surface area contributed by atoms with Crippen LogP contribution in [-0.2, 0) is 28.0 Å². The van der Waals surface area contributed by atoms with E-state index in [2.05, 4.69) is 26.1 Å². The van der Waals surface area contributed by atoms with E-state index in [0.29, 0.717) is 17.2 Å². The number of carbonyl (C=O) groups excluding carboxylic acids is 2. The normalized spacial score (nSPS) is 12.9. The zero-order valence-corrected chi connectivity index (χ0v) is 23.8. The zero-order valence-electron chi connectivity index (χ0n) is 23.0. The van der Waals surface area contributed by atoms with Gasteiger partial charge in [-0.2, -0.15) is 0 Å². The first-order valence-electron chi connectivity index (χ1n) is 13.2. The summed E-state index contributed by atoms with van der Waals surface area (Å²) in [6.45, 7) is 10.4. The monoisotopic (exact) mass is 534 g/mol. The van der Waals surface area contributed by atoms with Gasteiger partial charge in [-0.25, -0.2) is 0 Å². The molecular formula is C32H39ClN2O3. The van der Waals surface area contributed by atoms with Gasteiger partial charge in [0, 0.05) is 24.0 Å². The molecule has 0 radical (unpaired) electrons. The molecule has 0 fully saturated rings. The maximum absolute atomic E-state index is 13.8. The molecule has 0 saturated heterocycles. The Balaban J connectivity index is 1.95. The molecule has 1 N–H and O–H groups in total. The summed E-state index contributed by atoms with van der Waals surface area (Å²) in [5.74, 6) is 0.210. The first-order chi connectivity index (χ1) is 18.1. The van der Waals surface area contributed by atoms with E-state index < -0.39 is 6.04 Å². The highest BCUT2D eigenvalue weighted by Gasteiger charge is 2.31. The topological polar surface area (TPSA) is 58.6 Å². The maximum atomic E-state index is 13.8. The summed E-state index contributed by atoms with van der Waals surface area (Å²) in [6.07, 6.45) is 1.17. The van der Waals surface area contributed by atoms with Gasteiger partial charge in [0.15, 0.2) is 6.61 Å². The summed E-state index contributed by atoms with van der Waals surface area (Å²) in [5, 5.41) is 3.66. The van der Waals surface area contributed by atoms with Crippen molar-refractivity contribution in [2.24, 2.45) is 0 Å². The second-order valence-corrected chi connectivity index (χ2v) is 11.1. The maximum Gasteiger partial charge on any atom is 0.261 e. The number of para-hydroxylation sites is 1. The van der Waals surface area contributed by atoms with Gasteiger partial charge in [0.2, 0.25) is 5.91 Å². The molecule has 0 aliphatic carbocycles. The Labute approximate surface area is 232 Å². The predicted octanol–water partition coefficient (Wildman–Crippen LogP) is 6.57. The standard InChI is InChI=1S/C32H39ClN2O3/c1-6-23(2)34-31(37)28(20-24-13-8-7-9-14-24)35(21-25-15-12-16-26(33)19-25)30(36)22-38-29-18-11-10-17-27(29)32(3,4)5/h7-19,23,28H,6,20-22H2,1-5H3,(H,34,37)/t23-,28+/m1/s1. The van der Waals surface area contributed by atoms with Crippen molar-refractivity contribution in [2.75, 3.05) is 6.61 Å². The lowest BCUT2D eigenvalue weighted by Gasteiger charge is -2.32. The van der Waals surface area contributed by atoms with Crippen molar-refractivity contribution in [3.05, 3.63) is 101 Å². The third-order valence-electron chi connectivity index (χ3n) is 6.56. The largest absolute Gasteiger partial charge is 0.483 e. The van der Waals surface area contributed by atoms with Gasteiger partial charge in [-0.3, -0.25) is 9.59 Å². The molecular weight excluding hydrogens is 496 g/mol. The smallest absolute Gasteiger partial charge is 0.261 e. The van der Waals surface area contributed by atoms with Gasteiger partial charge in [-0.15, -0.1) is 0 Å². The van der Waals surface area contributed by atoms with Gasteiger partial charge >= 0.3 is 0 Å². The molecule has 0 bridgehead atoms. The Kier molecular flexibility index (Phi) is 10.4. The van der Waals surface area contributed by atoms with Crippen molar-refractivity contribution in [2.45, 2.75) is 71.5 Å². The Morgan fingerprint density at radius 1 is 0.947 bits per heavy atom. The van der Waals surface area contributed by atoms with E-state index in [4.69, 9.17) is 16.3 Å². The van der Waals surface area contributed by atoms with Crippen LogP contribution in [-0.4, -0.2) is 35.4 Å². The predicted molar refractivity (Wildman–Crippen MR) is 154 cm³/mol. The van der Waals surface area contributed by atoms with Crippen LogP contribution >= 0.6 is 11.6 Å². The van der Waals surface area contributed by atoms with Crippen LogP contribution in [0.15, 0.2) is 78.9 Å². The number of hydrogen-bond acceptors (Lipinski definition) is 3. The first-order valence-corrected chi connectivity index (χ1v) is 13.6. The zero-order chi connectivity index (χ0) is 27.7. The average molecular weight is 535 g/mol. The SMILES string of the molecule is CC[C@@H](C)NC(=O)[C@H](Cc1ccccc1)N(Cc1cccc(Cl)c1)C(=O)COc1ccccc1C(C)(C)C. The number of halogens is 1. The second-order valence-electron chi connectivity index (χ2n) is 10.7. The fourth-order valence-electron chi connectivity index (χ4n) is 4.26. The van der Waals surface area contributed by atoms with Gasteiger partial charge in [-0.1, -0.05) is 100.0 Å². The van der Waals surface area contributed by atoms with Crippen molar-refractivity contribution in [3.63, 3.8) is 0 Å². The van der Waals surface area contributed by atoms with Crippen LogP contribution in [0.2, 0.25) is 5.02 Å². The minimum atomic E-state index is -0.723. The van der Waals surface area contributed by atoms with Gasteiger partial charge in [0.05, 0.1) is 0 Å². The van der Waals surface area contributed by atoms with Crippen LogP contribution in [0.5, 0.6) is 5.75 Å². The fraction of sp³-hybridized carbons (Fsp3) is 0.375. The van der Waals surface area contributed by atoms with Crippen molar-refractivity contribution in [1.29, 1.82) is 0 Å². The molecule has 5 nitrogen and oxygen atoms in total. The number of carbonyl (C=O) groups is 2. The Morgan fingerprint density at radius 2 is 1.61 bits per heavy atom. The van der Waals surface area contributed by atoms with E-state index in [1.807, 2.05) is 86.6 Å². The van der Waals surface area contributed by atoms with Gasteiger partial charge in [0.25, 0.3) is 5.91 Å². The van der Waals surface area contributed by atoms with Gasteiger partial charge in [-0.05, 0) is 53.6 Å². The third-order valence-corrected chi connectivity index (χ3v) is 6.80. The Morgan fingerprint density at radius 3 is 2.26 bits per heavy atom. The summed E-state index contributed by atoms with van der Waals surface area (Å²) in [6, 6.07) is 24.2. The van der Waals surface area contributed by atoms with Crippen molar-refractivity contribution < 1.29 is 14.3 Å². The van der Waals surface area contributed by atoms with Crippen LogP contribution in [0, 0.1) is 0 Å². The summed E-state index contributed by atoms with van der Waals surface area (Å²) in [7, 11) is 0. The van der Waals surface area contributed by atoms with Crippen LogP contribution in [0.1, 0.15) is 57.7 Å². The lowest BCUT2D eigenvalue weighted by Crippen LogP contribution is -2.53. The van der Waals surface area contributed by atoms with Gasteiger partial charge in [0.1, 0.15) is 11.8 Å². The van der Waals surface area contributed by atoms with Gasteiger partial charge < -0.3 is 15.0 Å². The van der Waals surface area contributed by atoms with E-state index in [-0.39, 0.29) is 36.4 Å². The highest BCUT2D eigenvalue weighted by Crippen LogP contribution is 2.31. The molecule has 2 amide bonds. The van der Waals surface area contributed by atoms with E-state index in [0.717, 1.165) is 23.1 Å². The molecule has 0 aliphatic heterocycles. The molecule has 3 aromatic carbocycles. The highest BCUT2D eigenvalue weighted by molar-refractivity contribution is 6.30. The number of ether oxygens (including phenoxy) is 1. The third kappa shape index (κ3) is 8.35. The molecule has 3 rings (SSSR count). The molecule has 0 heterocycles. The molecule has 0 spiro atoms. The molecule has 6 heteroatoms. The summed E-state index contributed by atoms with van der Waals surface area (Å²) in [4.78, 5) is 29.1. The lowest BCUT2D eigenvalue weighted by atomic mass is 9.86. The summed E-state index contributed by atoms with van der Waals surface area (Å²) in [5.41, 5.74) is 2.69. The molecule has 202 valence electrons. The quantitative estimate of drug-likeness (QED) is 0.302. The number of hydrogen-bond donors (Lipinski definition) is 1. The van der Waals surface area contributed by atoms with E-state index in [9.17, 15) is 9.59 Å². The number of nitrogens with one attached hydrogen (secondary N) is 1. The summed E-state index contributed by atoms with van der Waals surface area (Å²) < 4.78 is 6.10. The van der Waals surface area contributed by atoms with Crippen LogP contribution < -0.4 is 10.1 Å². The molecule has 38 heavy (non-hydrogen) atoms. The van der Waals surface area contributed by atoms with Crippen LogP contribution in [0.25, 0.3) is 0 Å². The minimum absolute atomic E-state index is 0.0150. The van der Waals surface area contributed by atoms with Crippen LogP contribution in [0.3, 0.4) is 0 Å². The van der Waals surface area contributed by atoms with Crippen molar-refractivity contribution >= 4 is 23.4 Å². The number of nitrogens with zero attached hydrogens (tertiary/aromatic N) is 1. The first kappa shape index (κ1) is 29.2. The molecule has 0 saturated carbocycles. The average Bonchev–Trinajstić information content (AvgIpc) is 2.89. The number of benzene rings is 3. The number of amides is 2. The van der Waals surface area contributed by atoms with Crippen molar-refractivity contribution in [1.82, 2.24) is 10.2 Å². The Bertz CT molecular complexity index is 1210. The van der Waals surface area contributed by atoms with Crippen LogP contribution in [0.4, 0.5) is 0 Å². The summed E-state index contributed by atoms with van der Waals surface area (Å²) >= 11 is 6.26. The Hall–Kier alpha value is -3.31. The van der Waals surface area contributed by atoms with Crippen molar-refractivity contribution in [3.8, 4) is 5.75 Å². The van der Waals surface area contributed by atoms with E-state index in [1.165, 1.54) is 0 Å². The fourth-order valence-corrected chi connectivity index (χ4v) is 4.47. The second kappa shape index (κ2) is 13.5. The molecule has 0 unspecified atom stereocenters. The lowest BCUT2D eigenvalue weighted by molar-refractivity contribution is -0.143.